The van der Waals surface area contributed by atoms with Crippen LogP contribution in [0.2, 0.25) is 0 Å². The Bertz CT molecular complexity index is 992. The van der Waals surface area contributed by atoms with Gasteiger partial charge in [-0.05, 0) is 32.8 Å². The Balaban J connectivity index is 1.62. The molecule has 7 nitrogen and oxygen atoms in total. The number of amides is 1. The number of ether oxygens (including phenoxy) is 1. The van der Waals surface area contributed by atoms with Crippen LogP contribution in [0.25, 0.3) is 10.6 Å². The van der Waals surface area contributed by atoms with Crippen LogP contribution in [-0.2, 0) is 16.0 Å². The molecule has 0 bridgehead atoms. The van der Waals surface area contributed by atoms with E-state index < -0.39 is 18.0 Å². The van der Waals surface area contributed by atoms with Crippen LogP contribution in [0.3, 0.4) is 0 Å². The van der Waals surface area contributed by atoms with Gasteiger partial charge in [-0.1, -0.05) is 31.2 Å². The third-order valence-corrected chi connectivity index (χ3v) is 5.28. The molecule has 0 saturated heterocycles. The van der Waals surface area contributed by atoms with Crippen molar-refractivity contribution < 1.29 is 14.3 Å². The first kappa shape index (κ1) is 20.7. The summed E-state index contributed by atoms with van der Waals surface area (Å²) in [6.07, 6.45) is 1.61. The van der Waals surface area contributed by atoms with Crippen LogP contribution in [0.4, 0.5) is 5.82 Å². The van der Waals surface area contributed by atoms with Crippen molar-refractivity contribution >= 4 is 29.0 Å². The molecule has 152 valence electrons. The average molecular weight is 413 g/mol. The predicted molar refractivity (Wildman–Crippen MR) is 113 cm³/mol. The maximum absolute atomic E-state index is 12.4. The summed E-state index contributed by atoms with van der Waals surface area (Å²) in [5, 5.41) is 9.28. The monoisotopic (exact) mass is 412 g/mol. The van der Waals surface area contributed by atoms with E-state index in [1.807, 2.05) is 38.1 Å². The Morgan fingerprint density at radius 3 is 2.55 bits per heavy atom. The Morgan fingerprint density at radius 1 is 1.17 bits per heavy atom. The third kappa shape index (κ3) is 4.89. The molecule has 1 N–H and O–H groups in total. The van der Waals surface area contributed by atoms with Gasteiger partial charge >= 0.3 is 5.97 Å². The van der Waals surface area contributed by atoms with E-state index in [2.05, 4.69) is 22.3 Å². The lowest BCUT2D eigenvalue weighted by Gasteiger charge is -2.15. The third-order valence-electron chi connectivity index (χ3n) is 4.39. The highest BCUT2D eigenvalue weighted by atomic mass is 32.1. The molecule has 2 aromatic heterocycles. The van der Waals surface area contributed by atoms with E-state index in [0.717, 1.165) is 17.0 Å². The number of aryl methyl sites for hydroxylation is 1. The number of esters is 1. The summed E-state index contributed by atoms with van der Waals surface area (Å²) in [6, 6.07) is 9.86. The largest absolute Gasteiger partial charge is 0.448 e. The second kappa shape index (κ2) is 9.00. The molecule has 0 aliphatic rings. The number of hydrogen-bond donors (Lipinski definition) is 1. The molecule has 0 radical (unpaired) electrons. The molecule has 29 heavy (non-hydrogen) atoms. The minimum Gasteiger partial charge on any atom is -0.448 e. The smallest absolute Gasteiger partial charge is 0.358 e. The van der Waals surface area contributed by atoms with Crippen LogP contribution in [0, 0.1) is 0 Å². The van der Waals surface area contributed by atoms with E-state index in [1.54, 1.807) is 22.3 Å². The highest BCUT2D eigenvalue weighted by Gasteiger charge is 2.22. The molecule has 2 heterocycles. The topological polar surface area (TPSA) is 86.1 Å². The first-order chi connectivity index (χ1) is 13.9. The van der Waals surface area contributed by atoms with Crippen molar-refractivity contribution in [3.05, 3.63) is 53.2 Å². The van der Waals surface area contributed by atoms with Crippen molar-refractivity contribution in [3.63, 3.8) is 0 Å². The fourth-order valence-electron chi connectivity index (χ4n) is 2.71. The number of hydrogen-bond acceptors (Lipinski definition) is 6. The number of nitrogens with zero attached hydrogens (tertiary/aromatic N) is 3. The molecule has 0 fully saturated rings. The Morgan fingerprint density at radius 2 is 1.90 bits per heavy atom. The molecule has 0 aliphatic carbocycles. The van der Waals surface area contributed by atoms with Gasteiger partial charge in [0.05, 0.1) is 6.20 Å². The SMILES string of the molecule is CCc1ccc(-c2nc(C(=O)O[C@@H](C)C(=O)Nc3ccnn3C(C)C)cs2)cc1. The molecule has 3 rings (SSSR count). The van der Waals surface area contributed by atoms with Crippen molar-refractivity contribution in [1.82, 2.24) is 14.8 Å². The van der Waals surface area contributed by atoms with Gasteiger partial charge in [0, 0.05) is 23.1 Å². The van der Waals surface area contributed by atoms with Gasteiger partial charge < -0.3 is 10.1 Å². The fourth-order valence-corrected chi connectivity index (χ4v) is 3.51. The Labute approximate surface area is 173 Å². The second-order valence-electron chi connectivity index (χ2n) is 6.88. The van der Waals surface area contributed by atoms with Gasteiger partial charge in [-0.15, -0.1) is 11.3 Å². The normalized spacial score (nSPS) is 12.0. The molecular weight excluding hydrogens is 388 g/mol. The minimum atomic E-state index is -0.966. The van der Waals surface area contributed by atoms with E-state index in [4.69, 9.17) is 4.74 Å². The summed E-state index contributed by atoms with van der Waals surface area (Å²) >= 11 is 1.36. The van der Waals surface area contributed by atoms with E-state index in [1.165, 1.54) is 23.8 Å². The highest BCUT2D eigenvalue weighted by Crippen LogP contribution is 2.24. The quantitative estimate of drug-likeness (QED) is 0.584. The molecule has 0 unspecified atom stereocenters. The van der Waals surface area contributed by atoms with E-state index >= 15 is 0 Å². The molecule has 0 saturated carbocycles. The van der Waals surface area contributed by atoms with E-state index in [-0.39, 0.29) is 11.7 Å². The van der Waals surface area contributed by atoms with Crippen LogP contribution in [0.15, 0.2) is 41.9 Å². The van der Waals surface area contributed by atoms with Crippen LogP contribution in [0.5, 0.6) is 0 Å². The zero-order valence-electron chi connectivity index (χ0n) is 16.9. The summed E-state index contributed by atoms with van der Waals surface area (Å²) in [6.45, 7) is 7.55. The zero-order valence-corrected chi connectivity index (χ0v) is 17.7. The first-order valence-electron chi connectivity index (χ1n) is 9.49. The lowest BCUT2D eigenvalue weighted by molar-refractivity contribution is -0.123. The Hall–Kier alpha value is -3.00. The van der Waals surface area contributed by atoms with Crippen molar-refractivity contribution in [2.24, 2.45) is 0 Å². The summed E-state index contributed by atoms with van der Waals surface area (Å²) in [5.74, 6) is -0.497. The lowest BCUT2D eigenvalue weighted by atomic mass is 10.1. The number of benzene rings is 1. The Kier molecular flexibility index (Phi) is 6.43. The van der Waals surface area contributed by atoms with Gasteiger partial charge in [0.1, 0.15) is 10.8 Å². The van der Waals surface area contributed by atoms with Gasteiger partial charge in [0.25, 0.3) is 5.91 Å². The van der Waals surface area contributed by atoms with Crippen LogP contribution in [-0.4, -0.2) is 32.7 Å². The molecular formula is C21H24N4O3S. The molecule has 0 spiro atoms. The molecule has 3 aromatic rings. The van der Waals surface area contributed by atoms with Gasteiger partial charge in [0.2, 0.25) is 0 Å². The molecule has 1 atom stereocenters. The number of thiazole rings is 1. The van der Waals surface area contributed by atoms with Crippen LogP contribution < -0.4 is 5.32 Å². The average Bonchev–Trinajstić information content (AvgIpc) is 3.37. The molecule has 0 aliphatic heterocycles. The van der Waals surface area contributed by atoms with Crippen molar-refractivity contribution in [2.75, 3.05) is 5.32 Å². The molecule has 1 aromatic carbocycles. The predicted octanol–water partition coefficient (Wildman–Crippen LogP) is 4.33. The number of aromatic nitrogens is 3. The number of nitrogens with one attached hydrogen (secondary N) is 1. The molecule has 1 amide bonds. The summed E-state index contributed by atoms with van der Waals surface area (Å²) in [5.41, 5.74) is 2.37. The number of carbonyl (C=O) groups is 2. The van der Waals surface area contributed by atoms with E-state index in [9.17, 15) is 9.59 Å². The number of rotatable bonds is 7. The van der Waals surface area contributed by atoms with Crippen molar-refractivity contribution in [1.29, 1.82) is 0 Å². The maximum Gasteiger partial charge on any atom is 0.358 e. The van der Waals surface area contributed by atoms with Gasteiger partial charge in [-0.25, -0.2) is 14.5 Å². The minimum absolute atomic E-state index is 0.0953. The zero-order chi connectivity index (χ0) is 21.0. The molecule has 8 heteroatoms. The summed E-state index contributed by atoms with van der Waals surface area (Å²) < 4.78 is 6.98. The number of anilines is 1. The van der Waals surface area contributed by atoms with Gasteiger partial charge in [-0.3, -0.25) is 4.79 Å². The first-order valence-corrected chi connectivity index (χ1v) is 10.4. The highest BCUT2D eigenvalue weighted by molar-refractivity contribution is 7.13. The fraction of sp³-hybridized carbons (Fsp3) is 0.333. The second-order valence-corrected chi connectivity index (χ2v) is 7.74. The summed E-state index contributed by atoms with van der Waals surface area (Å²) in [4.78, 5) is 29.2. The lowest BCUT2D eigenvalue weighted by Crippen LogP contribution is -2.31. The maximum atomic E-state index is 12.4. The van der Waals surface area contributed by atoms with Gasteiger partial charge in [-0.2, -0.15) is 5.10 Å². The van der Waals surface area contributed by atoms with Crippen molar-refractivity contribution in [2.45, 2.75) is 46.3 Å². The van der Waals surface area contributed by atoms with E-state index in [0.29, 0.717) is 5.82 Å². The standard InChI is InChI=1S/C21H24N4O3S/c1-5-15-6-8-16(9-7-15)20-23-17(12-29-20)21(27)28-14(4)19(26)24-18-10-11-22-25(18)13(2)3/h6-14H,5H2,1-4H3,(H,24,26)/t14-/m0/s1. The van der Waals surface area contributed by atoms with Gasteiger partial charge in [0.15, 0.2) is 11.8 Å². The van der Waals surface area contributed by atoms with Crippen LogP contribution >= 0.6 is 11.3 Å². The number of carbonyl (C=O) groups excluding carboxylic acids is 2. The van der Waals surface area contributed by atoms with Crippen LogP contribution in [0.1, 0.15) is 49.8 Å². The summed E-state index contributed by atoms with van der Waals surface area (Å²) in [7, 11) is 0. The van der Waals surface area contributed by atoms with Crippen molar-refractivity contribution in [3.8, 4) is 10.6 Å².